The number of carbonyl (C=O) groups excluding carboxylic acids is 1. The van der Waals surface area contributed by atoms with E-state index in [9.17, 15) is 4.79 Å². The molecule has 1 aromatic heterocycles. The van der Waals surface area contributed by atoms with Crippen LogP contribution in [0.1, 0.15) is 34.1 Å². The topological polar surface area (TPSA) is 44.8 Å². The Kier molecular flexibility index (Phi) is 7.42. The number of piperazine rings is 1. The van der Waals surface area contributed by atoms with Gasteiger partial charge in [-0.2, -0.15) is 0 Å². The van der Waals surface area contributed by atoms with Gasteiger partial charge in [-0.3, -0.25) is 4.90 Å². The number of ether oxygens (including phenoxy) is 1. The maximum absolute atomic E-state index is 12.3. The zero-order chi connectivity index (χ0) is 19.9. The van der Waals surface area contributed by atoms with E-state index in [1.54, 1.807) is 11.3 Å². The maximum Gasteiger partial charge on any atom is 0.340 e. The Morgan fingerprint density at radius 2 is 1.93 bits per heavy atom. The number of thiophene rings is 1. The summed E-state index contributed by atoms with van der Waals surface area (Å²) in [6, 6.07) is 12.1. The van der Waals surface area contributed by atoms with Crippen LogP contribution in [0.4, 0.5) is 5.00 Å². The molecule has 7 heteroatoms. The van der Waals surface area contributed by atoms with Gasteiger partial charge in [0.25, 0.3) is 0 Å². The van der Waals surface area contributed by atoms with Crippen LogP contribution in [0.15, 0.2) is 36.4 Å². The largest absolute Gasteiger partial charge is 0.465 e. The molecular weight excluding hydrogens is 390 g/mol. The van der Waals surface area contributed by atoms with Crippen molar-refractivity contribution in [3.63, 3.8) is 0 Å². The highest BCUT2D eigenvalue weighted by Crippen LogP contribution is 2.31. The average Bonchev–Trinajstić information content (AvgIpc) is 3.11. The van der Waals surface area contributed by atoms with Crippen LogP contribution in [-0.2, 0) is 11.2 Å². The fraction of sp³-hybridized carbons (Fsp3) is 0.429. The first-order valence-electron chi connectivity index (χ1n) is 9.64. The highest BCUT2D eigenvalue weighted by atomic mass is 32.1. The second-order valence-electron chi connectivity index (χ2n) is 6.87. The summed E-state index contributed by atoms with van der Waals surface area (Å²) in [6.07, 6.45) is 1.95. The van der Waals surface area contributed by atoms with Crippen LogP contribution in [-0.4, -0.2) is 60.7 Å². The number of thiocarbonyl (C=S) groups is 1. The van der Waals surface area contributed by atoms with Crippen molar-refractivity contribution >= 4 is 39.6 Å². The average molecular weight is 418 g/mol. The Morgan fingerprint density at radius 3 is 2.57 bits per heavy atom. The molecule has 0 atom stereocenters. The standard InChI is InChI=1S/C21H27N3O2S2/c1-3-9-23-10-12-24(13-11-23)21(27)22-19-18(20(25)26-2)15-17(28-19)14-16-7-5-4-6-8-16/h4-8,15H,3,9-14H2,1-2H3,(H,22,27). The summed E-state index contributed by atoms with van der Waals surface area (Å²) < 4.78 is 4.97. The molecule has 0 spiro atoms. The molecular formula is C21H27N3O2S2. The van der Waals surface area contributed by atoms with E-state index < -0.39 is 0 Å². The summed E-state index contributed by atoms with van der Waals surface area (Å²) in [6.45, 7) is 7.18. The van der Waals surface area contributed by atoms with Gasteiger partial charge in [0, 0.05) is 37.5 Å². The van der Waals surface area contributed by atoms with Crippen molar-refractivity contribution in [1.82, 2.24) is 9.80 Å². The van der Waals surface area contributed by atoms with Gasteiger partial charge in [0.15, 0.2) is 5.11 Å². The quantitative estimate of drug-likeness (QED) is 0.569. The Hall–Kier alpha value is -1.96. The highest BCUT2D eigenvalue weighted by molar-refractivity contribution is 7.80. The molecule has 0 bridgehead atoms. The predicted octanol–water partition coefficient (Wildman–Crippen LogP) is 3.85. The zero-order valence-corrected chi connectivity index (χ0v) is 18.1. The summed E-state index contributed by atoms with van der Waals surface area (Å²) in [5, 5.41) is 4.74. The zero-order valence-electron chi connectivity index (χ0n) is 16.4. The number of esters is 1. The van der Waals surface area contributed by atoms with Crippen molar-refractivity contribution in [1.29, 1.82) is 0 Å². The molecule has 1 saturated heterocycles. The summed E-state index contributed by atoms with van der Waals surface area (Å²) in [5.41, 5.74) is 1.76. The summed E-state index contributed by atoms with van der Waals surface area (Å²) >= 11 is 7.19. The number of methoxy groups -OCH3 is 1. The molecule has 5 nitrogen and oxygen atoms in total. The Morgan fingerprint density at radius 1 is 1.21 bits per heavy atom. The second-order valence-corrected chi connectivity index (χ2v) is 8.39. The molecule has 150 valence electrons. The van der Waals surface area contributed by atoms with Gasteiger partial charge in [0.05, 0.1) is 12.7 Å². The minimum atomic E-state index is -0.339. The molecule has 28 heavy (non-hydrogen) atoms. The van der Waals surface area contributed by atoms with Gasteiger partial charge >= 0.3 is 5.97 Å². The van der Waals surface area contributed by atoms with Crippen molar-refractivity contribution < 1.29 is 9.53 Å². The maximum atomic E-state index is 12.3. The highest BCUT2D eigenvalue weighted by Gasteiger charge is 2.22. The van der Waals surface area contributed by atoms with Crippen LogP contribution in [0.2, 0.25) is 0 Å². The fourth-order valence-corrected chi connectivity index (χ4v) is 4.77. The SMILES string of the molecule is CCCN1CCN(C(=S)Nc2sc(Cc3ccccc3)cc2C(=O)OC)CC1. The molecule has 0 radical (unpaired) electrons. The first kappa shape index (κ1) is 20.8. The molecule has 1 N–H and O–H groups in total. The lowest BCUT2D eigenvalue weighted by Crippen LogP contribution is -2.50. The second kappa shape index (κ2) is 10.0. The lowest BCUT2D eigenvalue weighted by Gasteiger charge is -2.36. The van der Waals surface area contributed by atoms with Crippen molar-refractivity contribution in [3.05, 3.63) is 52.4 Å². The van der Waals surface area contributed by atoms with Crippen LogP contribution < -0.4 is 5.32 Å². The normalized spacial score (nSPS) is 14.7. The molecule has 0 amide bonds. The molecule has 0 saturated carbocycles. The van der Waals surface area contributed by atoms with Crippen LogP contribution in [0.3, 0.4) is 0 Å². The van der Waals surface area contributed by atoms with Gasteiger partial charge in [-0.25, -0.2) is 4.79 Å². The van der Waals surface area contributed by atoms with Crippen LogP contribution in [0, 0.1) is 0 Å². The van der Waals surface area contributed by atoms with Crippen molar-refractivity contribution in [2.24, 2.45) is 0 Å². The van der Waals surface area contributed by atoms with E-state index in [0.717, 1.165) is 49.0 Å². The Labute approximate surface area is 176 Å². The first-order valence-corrected chi connectivity index (χ1v) is 10.9. The van der Waals surface area contributed by atoms with Gasteiger partial charge in [-0.1, -0.05) is 37.3 Å². The molecule has 2 aromatic rings. The number of hydrogen-bond acceptors (Lipinski definition) is 5. The third-order valence-electron chi connectivity index (χ3n) is 4.83. The van der Waals surface area contributed by atoms with E-state index in [4.69, 9.17) is 17.0 Å². The number of anilines is 1. The molecule has 0 aliphatic carbocycles. The lowest BCUT2D eigenvalue weighted by molar-refractivity contribution is 0.0602. The number of nitrogens with one attached hydrogen (secondary N) is 1. The fourth-order valence-electron chi connectivity index (χ4n) is 3.35. The molecule has 0 unspecified atom stereocenters. The van der Waals surface area contributed by atoms with E-state index >= 15 is 0 Å². The molecule has 2 heterocycles. The van der Waals surface area contributed by atoms with E-state index in [-0.39, 0.29) is 5.97 Å². The number of rotatable bonds is 6. The number of benzene rings is 1. The van der Waals surface area contributed by atoms with E-state index in [0.29, 0.717) is 10.7 Å². The first-order chi connectivity index (χ1) is 13.6. The number of hydrogen-bond donors (Lipinski definition) is 1. The molecule has 1 fully saturated rings. The Balaban J connectivity index is 1.69. The van der Waals surface area contributed by atoms with Crippen LogP contribution >= 0.6 is 23.6 Å². The smallest absolute Gasteiger partial charge is 0.340 e. The summed E-state index contributed by atoms with van der Waals surface area (Å²) in [5.74, 6) is -0.339. The lowest BCUT2D eigenvalue weighted by atomic mass is 10.1. The monoisotopic (exact) mass is 417 g/mol. The minimum absolute atomic E-state index is 0.339. The molecule has 1 aromatic carbocycles. The van der Waals surface area contributed by atoms with Crippen molar-refractivity contribution in [3.8, 4) is 0 Å². The van der Waals surface area contributed by atoms with Gasteiger partial charge in [-0.05, 0) is 36.8 Å². The minimum Gasteiger partial charge on any atom is -0.465 e. The van der Waals surface area contributed by atoms with Crippen molar-refractivity contribution in [2.45, 2.75) is 19.8 Å². The van der Waals surface area contributed by atoms with Gasteiger partial charge in [-0.15, -0.1) is 11.3 Å². The molecule has 3 rings (SSSR count). The van der Waals surface area contributed by atoms with Gasteiger partial charge in [0.1, 0.15) is 5.00 Å². The van der Waals surface area contributed by atoms with Crippen LogP contribution in [0.25, 0.3) is 0 Å². The Bertz CT molecular complexity index is 799. The third-order valence-corrected chi connectivity index (χ3v) is 6.24. The third kappa shape index (κ3) is 5.31. The molecule has 1 aliphatic heterocycles. The van der Waals surface area contributed by atoms with Crippen LogP contribution in [0.5, 0.6) is 0 Å². The van der Waals surface area contributed by atoms with Gasteiger partial charge in [0.2, 0.25) is 0 Å². The van der Waals surface area contributed by atoms with E-state index in [2.05, 4.69) is 34.2 Å². The molecule has 1 aliphatic rings. The summed E-state index contributed by atoms with van der Waals surface area (Å²) in [7, 11) is 1.41. The van der Waals surface area contributed by atoms with Gasteiger partial charge < -0.3 is 15.0 Å². The van der Waals surface area contributed by atoms with E-state index in [1.165, 1.54) is 19.1 Å². The number of carbonyl (C=O) groups is 1. The van der Waals surface area contributed by atoms with Crippen molar-refractivity contribution in [2.75, 3.05) is 45.2 Å². The number of nitrogens with zero attached hydrogens (tertiary/aromatic N) is 2. The summed E-state index contributed by atoms with van der Waals surface area (Å²) in [4.78, 5) is 18.0. The predicted molar refractivity (Wildman–Crippen MR) is 119 cm³/mol. The van der Waals surface area contributed by atoms with E-state index in [1.807, 2.05) is 24.3 Å².